The average Bonchev–Trinajstić information content (AvgIpc) is 2.10. The van der Waals surface area contributed by atoms with Gasteiger partial charge < -0.3 is 4.98 Å². The van der Waals surface area contributed by atoms with Crippen LogP contribution in [0.15, 0.2) is 0 Å². The molecule has 2 heteroatoms. The van der Waals surface area contributed by atoms with Crippen molar-refractivity contribution in [3.63, 3.8) is 0 Å². The van der Waals surface area contributed by atoms with Gasteiger partial charge in [-0.1, -0.05) is 0 Å². The Morgan fingerprint density at radius 2 is 2.22 bits per heavy atom. The first-order valence-corrected chi connectivity index (χ1v) is 3.05. The molecule has 1 rings (SSSR count). The van der Waals surface area contributed by atoms with Gasteiger partial charge in [-0.15, -0.1) is 0 Å². The number of hydrogen-bond donors (Lipinski definition) is 1. The number of imidazole rings is 1. The van der Waals surface area contributed by atoms with Crippen LogP contribution in [0.1, 0.15) is 17.2 Å². The van der Waals surface area contributed by atoms with Crippen molar-refractivity contribution in [2.24, 2.45) is 0 Å². The van der Waals surface area contributed by atoms with Crippen LogP contribution in [0.4, 0.5) is 0 Å². The molecule has 9 heavy (non-hydrogen) atoms. The quantitative estimate of drug-likeness (QED) is 0.600. The van der Waals surface area contributed by atoms with Gasteiger partial charge in [0.15, 0.2) is 0 Å². The van der Waals surface area contributed by atoms with Gasteiger partial charge in [0.1, 0.15) is 5.82 Å². The number of H-pyrrole nitrogens is 1. The fourth-order valence-electron chi connectivity index (χ4n) is 0.899. The van der Waals surface area contributed by atoms with Crippen LogP contribution in [-0.2, 0) is 6.42 Å². The molecule has 0 aromatic carbocycles. The first-order valence-electron chi connectivity index (χ1n) is 3.05. The largest absolute Gasteiger partial charge is 0.346 e. The van der Waals surface area contributed by atoms with E-state index in [0.717, 1.165) is 23.6 Å². The third-order valence-electron chi connectivity index (χ3n) is 1.35. The summed E-state index contributed by atoms with van der Waals surface area (Å²) in [6.07, 6.45) is 0.798. The van der Waals surface area contributed by atoms with Gasteiger partial charge in [-0.2, -0.15) is 0 Å². The lowest BCUT2D eigenvalue weighted by Gasteiger charge is -1.87. The number of rotatable bonds is 1. The zero-order valence-electron chi connectivity index (χ0n) is 5.86. The predicted molar refractivity (Wildman–Crippen MR) is 37.1 cm³/mol. The Hall–Kier alpha value is -0.790. The molecule has 1 aromatic heterocycles. The van der Waals surface area contributed by atoms with Gasteiger partial charge >= 0.3 is 0 Å². The van der Waals surface area contributed by atoms with Crippen molar-refractivity contribution in [1.82, 2.24) is 9.97 Å². The van der Waals surface area contributed by atoms with E-state index in [4.69, 9.17) is 0 Å². The molecule has 0 amide bonds. The summed E-state index contributed by atoms with van der Waals surface area (Å²) in [6.45, 7) is 7.70. The second-order valence-corrected chi connectivity index (χ2v) is 2.14. The van der Waals surface area contributed by atoms with E-state index in [1.807, 2.05) is 13.8 Å². The van der Waals surface area contributed by atoms with Crippen LogP contribution in [-0.4, -0.2) is 9.97 Å². The highest BCUT2D eigenvalue weighted by Crippen LogP contribution is 2.03. The second kappa shape index (κ2) is 2.21. The molecule has 1 aromatic rings. The summed E-state index contributed by atoms with van der Waals surface area (Å²) in [5.41, 5.74) is 2.22. The van der Waals surface area contributed by atoms with Crippen LogP contribution in [0.2, 0.25) is 0 Å². The molecular weight excluding hydrogens is 112 g/mol. The van der Waals surface area contributed by atoms with Crippen molar-refractivity contribution in [3.05, 3.63) is 24.1 Å². The Balaban J connectivity index is 3.01. The van der Waals surface area contributed by atoms with Gasteiger partial charge in [0.25, 0.3) is 0 Å². The Kier molecular flexibility index (Phi) is 1.56. The lowest BCUT2D eigenvalue weighted by Crippen LogP contribution is -1.82. The van der Waals surface area contributed by atoms with Crippen molar-refractivity contribution in [3.8, 4) is 0 Å². The van der Waals surface area contributed by atoms with E-state index in [2.05, 4.69) is 16.9 Å². The maximum atomic E-state index is 4.19. The van der Waals surface area contributed by atoms with E-state index < -0.39 is 0 Å². The summed E-state index contributed by atoms with van der Waals surface area (Å²) in [5, 5.41) is 0. The summed E-state index contributed by atoms with van der Waals surface area (Å²) in [6, 6.07) is 0. The van der Waals surface area contributed by atoms with E-state index in [1.165, 1.54) is 0 Å². The van der Waals surface area contributed by atoms with Crippen LogP contribution in [0, 0.1) is 20.8 Å². The molecule has 0 aliphatic heterocycles. The summed E-state index contributed by atoms with van der Waals surface area (Å²) >= 11 is 0. The predicted octanol–water partition coefficient (Wildman–Crippen LogP) is 1.40. The van der Waals surface area contributed by atoms with Crippen LogP contribution in [0.5, 0.6) is 0 Å². The number of aryl methyl sites for hydroxylation is 2. The molecule has 1 heterocycles. The highest BCUT2D eigenvalue weighted by molar-refractivity contribution is 5.12. The van der Waals surface area contributed by atoms with Gasteiger partial charge in [-0.05, 0) is 27.2 Å². The second-order valence-electron chi connectivity index (χ2n) is 2.14. The summed E-state index contributed by atoms with van der Waals surface area (Å²) in [4.78, 5) is 7.31. The molecule has 0 unspecified atom stereocenters. The van der Waals surface area contributed by atoms with Crippen molar-refractivity contribution in [1.29, 1.82) is 0 Å². The van der Waals surface area contributed by atoms with Gasteiger partial charge in [0, 0.05) is 5.69 Å². The fraction of sp³-hybridized carbons (Fsp3) is 0.429. The molecule has 0 bridgehead atoms. The van der Waals surface area contributed by atoms with E-state index >= 15 is 0 Å². The highest BCUT2D eigenvalue weighted by atomic mass is 14.9. The van der Waals surface area contributed by atoms with Gasteiger partial charge in [0.05, 0.1) is 5.69 Å². The third kappa shape index (κ3) is 1.12. The lowest BCUT2D eigenvalue weighted by molar-refractivity contribution is 1.09. The molecule has 1 radical (unpaired) electrons. The monoisotopic (exact) mass is 123 g/mol. The van der Waals surface area contributed by atoms with Gasteiger partial charge in [-0.25, -0.2) is 4.98 Å². The highest BCUT2D eigenvalue weighted by Gasteiger charge is 1.98. The molecule has 0 atom stereocenters. The van der Waals surface area contributed by atoms with Crippen LogP contribution < -0.4 is 0 Å². The molecule has 0 saturated carbocycles. The number of aromatic nitrogens is 2. The molecule has 0 fully saturated rings. The molecule has 0 spiro atoms. The Bertz CT molecular complexity index is 201. The van der Waals surface area contributed by atoms with Crippen molar-refractivity contribution in [2.45, 2.75) is 20.3 Å². The van der Waals surface area contributed by atoms with Crippen molar-refractivity contribution < 1.29 is 0 Å². The third-order valence-corrected chi connectivity index (χ3v) is 1.35. The maximum Gasteiger partial charge on any atom is 0.103 e. The minimum atomic E-state index is 0.798. The number of nitrogens with one attached hydrogen (secondary N) is 1. The molecule has 1 N–H and O–H groups in total. The fourth-order valence-corrected chi connectivity index (χ4v) is 0.899. The number of aromatic amines is 1. The molecule has 0 aliphatic carbocycles. The first kappa shape index (κ1) is 6.33. The Labute approximate surface area is 55.3 Å². The van der Waals surface area contributed by atoms with Crippen molar-refractivity contribution >= 4 is 0 Å². The molecule has 49 valence electrons. The Morgan fingerprint density at radius 3 is 2.44 bits per heavy atom. The van der Waals surface area contributed by atoms with E-state index in [-0.39, 0.29) is 0 Å². The number of hydrogen-bond acceptors (Lipinski definition) is 1. The molecular formula is C7H11N2. The van der Waals surface area contributed by atoms with Crippen LogP contribution in [0.25, 0.3) is 0 Å². The standard InChI is InChI=1S/C7H11N2/c1-4-7-5(2)8-6(3)9-7/h1,4H2,2-3H3,(H,8,9). The summed E-state index contributed by atoms with van der Waals surface area (Å²) in [5.74, 6) is 0.978. The minimum Gasteiger partial charge on any atom is -0.346 e. The minimum absolute atomic E-state index is 0.798. The zero-order chi connectivity index (χ0) is 6.85. The molecule has 0 aliphatic rings. The van der Waals surface area contributed by atoms with Crippen LogP contribution >= 0.6 is 0 Å². The van der Waals surface area contributed by atoms with E-state index in [0.29, 0.717) is 0 Å². The molecule has 0 saturated heterocycles. The lowest BCUT2D eigenvalue weighted by atomic mass is 10.3. The number of nitrogens with zero attached hydrogens (tertiary/aromatic N) is 1. The SMILES string of the molecule is [CH2]Cc1[nH]c(C)nc1C. The zero-order valence-corrected chi connectivity index (χ0v) is 5.86. The average molecular weight is 123 g/mol. The normalized spacial score (nSPS) is 10.1. The summed E-state index contributed by atoms with van der Waals surface area (Å²) < 4.78 is 0. The van der Waals surface area contributed by atoms with Crippen LogP contribution in [0.3, 0.4) is 0 Å². The van der Waals surface area contributed by atoms with Gasteiger partial charge in [-0.3, -0.25) is 0 Å². The smallest absolute Gasteiger partial charge is 0.103 e. The van der Waals surface area contributed by atoms with Gasteiger partial charge in [0.2, 0.25) is 0 Å². The van der Waals surface area contributed by atoms with Crippen molar-refractivity contribution in [2.75, 3.05) is 0 Å². The topological polar surface area (TPSA) is 28.7 Å². The molecule has 2 nitrogen and oxygen atoms in total. The van der Waals surface area contributed by atoms with E-state index in [9.17, 15) is 0 Å². The first-order chi connectivity index (χ1) is 4.24. The van der Waals surface area contributed by atoms with E-state index in [1.54, 1.807) is 0 Å². The summed E-state index contributed by atoms with van der Waals surface area (Å²) in [7, 11) is 0. The Morgan fingerprint density at radius 1 is 1.56 bits per heavy atom. The maximum absolute atomic E-state index is 4.19.